The van der Waals surface area contributed by atoms with Crippen LogP contribution in [0.25, 0.3) is 10.9 Å². The molecule has 21 heavy (non-hydrogen) atoms. The maximum atomic E-state index is 12.1. The predicted molar refractivity (Wildman–Crippen MR) is 81.1 cm³/mol. The summed E-state index contributed by atoms with van der Waals surface area (Å²) >= 11 is 0. The fourth-order valence-electron chi connectivity index (χ4n) is 2.49. The summed E-state index contributed by atoms with van der Waals surface area (Å²) in [5, 5.41) is 12.7. The zero-order valence-corrected chi connectivity index (χ0v) is 12.3. The summed E-state index contributed by atoms with van der Waals surface area (Å²) in [5.74, 6) is -1.26. The van der Waals surface area contributed by atoms with E-state index >= 15 is 0 Å². The van der Waals surface area contributed by atoms with Gasteiger partial charge in [0.15, 0.2) is 0 Å². The molecule has 5 heteroatoms. The average molecular weight is 288 g/mol. The first-order valence-corrected chi connectivity index (χ1v) is 7.10. The van der Waals surface area contributed by atoms with Gasteiger partial charge in [-0.1, -0.05) is 31.5 Å². The highest BCUT2D eigenvalue weighted by Gasteiger charge is 2.19. The lowest BCUT2D eigenvalue weighted by atomic mass is 10.1. The van der Waals surface area contributed by atoms with E-state index in [-0.39, 0.29) is 12.5 Å². The molecule has 0 fully saturated rings. The highest BCUT2D eigenvalue weighted by Crippen LogP contribution is 2.18. The van der Waals surface area contributed by atoms with Crippen LogP contribution in [-0.4, -0.2) is 27.6 Å². The molecule has 1 aromatic carbocycles. The van der Waals surface area contributed by atoms with Crippen molar-refractivity contribution in [2.75, 3.05) is 0 Å². The van der Waals surface area contributed by atoms with Crippen LogP contribution in [0, 0.1) is 6.92 Å². The molecule has 0 aliphatic heterocycles. The largest absolute Gasteiger partial charge is 0.480 e. The number of carboxylic acids is 1. The van der Waals surface area contributed by atoms with Crippen LogP contribution in [0.5, 0.6) is 0 Å². The number of carboxylic acid groups (broad SMARTS) is 1. The third-order valence-electron chi connectivity index (χ3n) is 3.53. The van der Waals surface area contributed by atoms with Crippen LogP contribution < -0.4 is 5.32 Å². The second kappa shape index (κ2) is 6.43. The first-order valence-electron chi connectivity index (χ1n) is 7.10. The third-order valence-corrected chi connectivity index (χ3v) is 3.53. The summed E-state index contributed by atoms with van der Waals surface area (Å²) in [4.78, 5) is 23.2. The summed E-state index contributed by atoms with van der Waals surface area (Å²) in [5.41, 5.74) is 1.96. The highest BCUT2D eigenvalue weighted by molar-refractivity contribution is 5.86. The van der Waals surface area contributed by atoms with E-state index in [2.05, 4.69) is 5.32 Å². The molecule has 0 saturated heterocycles. The molecule has 1 atom stereocenters. The Morgan fingerprint density at radius 1 is 1.33 bits per heavy atom. The van der Waals surface area contributed by atoms with Crippen molar-refractivity contribution in [2.24, 2.45) is 0 Å². The van der Waals surface area contributed by atoms with Gasteiger partial charge in [-0.25, -0.2) is 4.79 Å². The van der Waals surface area contributed by atoms with E-state index in [0.29, 0.717) is 12.8 Å². The van der Waals surface area contributed by atoms with Gasteiger partial charge in [-0.15, -0.1) is 0 Å². The number of rotatable bonds is 6. The van der Waals surface area contributed by atoms with Crippen molar-refractivity contribution < 1.29 is 14.7 Å². The standard InChI is InChI=1S/C16H20N2O3/c1-3-6-13(16(20)21)17-15(19)10-18-11(2)9-12-7-4-5-8-14(12)18/h4-5,7-9,13H,3,6,10H2,1-2H3,(H,17,19)(H,20,21). The highest BCUT2D eigenvalue weighted by atomic mass is 16.4. The lowest BCUT2D eigenvalue weighted by Crippen LogP contribution is -2.42. The second-order valence-electron chi connectivity index (χ2n) is 5.18. The molecule has 112 valence electrons. The molecule has 1 aromatic heterocycles. The van der Waals surface area contributed by atoms with Crippen LogP contribution in [0.3, 0.4) is 0 Å². The Morgan fingerprint density at radius 2 is 2.05 bits per heavy atom. The lowest BCUT2D eigenvalue weighted by molar-refractivity contribution is -0.142. The number of carbonyl (C=O) groups excluding carboxylic acids is 1. The van der Waals surface area contributed by atoms with Crippen molar-refractivity contribution in [1.29, 1.82) is 0 Å². The van der Waals surface area contributed by atoms with Gasteiger partial charge in [-0.3, -0.25) is 4.79 Å². The molecule has 0 bridgehead atoms. The Bertz CT molecular complexity index is 661. The van der Waals surface area contributed by atoms with E-state index in [0.717, 1.165) is 16.6 Å². The molecular weight excluding hydrogens is 268 g/mol. The molecule has 0 aliphatic rings. The van der Waals surface area contributed by atoms with Gasteiger partial charge in [0, 0.05) is 11.2 Å². The molecule has 2 rings (SSSR count). The topological polar surface area (TPSA) is 71.3 Å². The van der Waals surface area contributed by atoms with Gasteiger partial charge in [0.2, 0.25) is 5.91 Å². The molecule has 1 unspecified atom stereocenters. The van der Waals surface area contributed by atoms with Crippen LogP contribution in [-0.2, 0) is 16.1 Å². The molecular formula is C16H20N2O3. The van der Waals surface area contributed by atoms with E-state index < -0.39 is 12.0 Å². The SMILES string of the molecule is CCCC(NC(=O)Cn1c(C)cc2ccccc21)C(=O)O. The normalized spacial score (nSPS) is 12.3. The summed E-state index contributed by atoms with van der Waals surface area (Å²) in [6.07, 6.45) is 1.15. The maximum Gasteiger partial charge on any atom is 0.326 e. The van der Waals surface area contributed by atoms with Crippen LogP contribution in [0.4, 0.5) is 0 Å². The zero-order chi connectivity index (χ0) is 15.4. The van der Waals surface area contributed by atoms with Gasteiger partial charge in [-0.05, 0) is 30.9 Å². The fraction of sp³-hybridized carbons (Fsp3) is 0.375. The number of aryl methyl sites for hydroxylation is 1. The van der Waals surface area contributed by atoms with Crippen molar-refractivity contribution in [3.05, 3.63) is 36.0 Å². The van der Waals surface area contributed by atoms with Crippen LogP contribution in [0.15, 0.2) is 30.3 Å². The van der Waals surface area contributed by atoms with Crippen molar-refractivity contribution in [1.82, 2.24) is 9.88 Å². The molecule has 1 heterocycles. The number of benzene rings is 1. The van der Waals surface area contributed by atoms with Crippen LogP contribution >= 0.6 is 0 Å². The summed E-state index contributed by atoms with van der Waals surface area (Å²) in [6.45, 7) is 3.96. The Morgan fingerprint density at radius 3 is 2.71 bits per heavy atom. The number of hydrogen-bond donors (Lipinski definition) is 2. The molecule has 0 aliphatic carbocycles. The number of carbonyl (C=O) groups is 2. The molecule has 0 spiro atoms. The average Bonchev–Trinajstić information content (AvgIpc) is 2.75. The Hall–Kier alpha value is -2.30. The minimum Gasteiger partial charge on any atom is -0.480 e. The Balaban J connectivity index is 2.14. The molecule has 0 radical (unpaired) electrons. The number of para-hydroxylation sites is 1. The second-order valence-corrected chi connectivity index (χ2v) is 5.18. The number of hydrogen-bond acceptors (Lipinski definition) is 2. The Kier molecular flexibility index (Phi) is 4.62. The molecule has 5 nitrogen and oxygen atoms in total. The lowest BCUT2D eigenvalue weighted by Gasteiger charge is -2.15. The van der Waals surface area contributed by atoms with E-state index in [4.69, 9.17) is 5.11 Å². The smallest absolute Gasteiger partial charge is 0.326 e. The van der Waals surface area contributed by atoms with Crippen molar-refractivity contribution in [3.8, 4) is 0 Å². The van der Waals surface area contributed by atoms with E-state index in [1.165, 1.54) is 0 Å². The predicted octanol–water partition coefficient (Wildman–Crippen LogP) is 2.32. The van der Waals surface area contributed by atoms with E-state index in [1.807, 2.05) is 48.7 Å². The first-order chi connectivity index (χ1) is 10.0. The molecule has 2 aromatic rings. The van der Waals surface area contributed by atoms with Gasteiger partial charge < -0.3 is 15.0 Å². The molecule has 0 saturated carbocycles. The minimum absolute atomic E-state index is 0.132. The third kappa shape index (κ3) is 3.42. The number of fused-ring (bicyclic) bond motifs is 1. The van der Waals surface area contributed by atoms with E-state index in [1.54, 1.807) is 0 Å². The summed E-state index contributed by atoms with van der Waals surface area (Å²) in [6, 6.07) is 9.03. The monoisotopic (exact) mass is 288 g/mol. The number of aromatic nitrogens is 1. The zero-order valence-electron chi connectivity index (χ0n) is 12.3. The first kappa shape index (κ1) is 15.1. The van der Waals surface area contributed by atoms with Crippen molar-refractivity contribution in [3.63, 3.8) is 0 Å². The number of nitrogens with one attached hydrogen (secondary N) is 1. The van der Waals surface area contributed by atoms with Crippen molar-refractivity contribution in [2.45, 2.75) is 39.3 Å². The quantitative estimate of drug-likeness (QED) is 0.857. The van der Waals surface area contributed by atoms with E-state index in [9.17, 15) is 9.59 Å². The Labute approximate surface area is 123 Å². The van der Waals surface area contributed by atoms with Gasteiger partial charge in [-0.2, -0.15) is 0 Å². The maximum absolute atomic E-state index is 12.1. The fourth-order valence-corrected chi connectivity index (χ4v) is 2.49. The van der Waals surface area contributed by atoms with Gasteiger partial charge in [0.1, 0.15) is 12.6 Å². The van der Waals surface area contributed by atoms with Gasteiger partial charge in [0.05, 0.1) is 0 Å². The van der Waals surface area contributed by atoms with Gasteiger partial charge >= 0.3 is 5.97 Å². The number of aliphatic carboxylic acids is 1. The summed E-state index contributed by atoms with van der Waals surface area (Å²) in [7, 11) is 0. The number of amides is 1. The van der Waals surface area contributed by atoms with Crippen molar-refractivity contribution >= 4 is 22.8 Å². The number of nitrogens with zero attached hydrogens (tertiary/aromatic N) is 1. The van der Waals surface area contributed by atoms with Gasteiger partial charge in [0.25, 0.3) is 0 Å². The molecule has 1 amide bonds. The molecule has 2 N–H and O–H groups in total. The van der Waals surface area contributed by atoms with Crippen LogP contribution in [0.1, 0.15) is 25.5 Å². The minimum atomic E-state index is -0.987. The van der Waals surface area contributed by atoms with Crippen LogP contribution in [0.2, 0.25) is 0 Å². The summed E-state index contributed by atoms with van der Waals surface area (Å²) < 4.78 is 1.90.